The van der Waals surface area contributed by atoms with Crippen molar-refractivity contribution in [3.05, 3.63) is 29.8 Å². The molecular weight excluding hydrogens is 133 g/mol. The summed E-state index contributed by atoms with van der Waals surface area (Å²) in [6, 6.07) is 2.33. The molecule has 0 N–H and O–H groups in total. The topological polar surface area (TPSA) is 23.1 Å². The number of hydrogen-bond donors (Lipinski definition) is 0. The van der Waals surface area contributed by atoms with Crippen molar-refractivity contribution >= 4 is 0 Å². The molecule has 0 aliphatic rings. The Morgan fingerprint density at radius 1 is 1.20 bits per heavy atom. The summed E-state index contributed by atoms with van der Waals surface area (Å²) in [5.74, 6) is -2.56. The molecule has 1 rings (SSSR count). The van der Waals surface area contributed by atoms with E-state index in [1.54, 1.807) is 0 Å². The molecule has 0 radical (unpaired) electrons. The van der Waals surface area contributed by atoms with Crippen molar-refractivity contribution in [2.75, 3.05) is 0 Å². The van der Waals surface area contributed by atoms with E-state index in [0.29, 0.717) is 6.07 Å². The summed E-state index contributed by atoms with van der Waals surface area (Å²) in [7, 11) is 0. The summed E-state index contributed by atoms with van der Waals surface area (Å²) in [4.78, 5) is 0. The minimum atomic E-state index is -1.05. The molecule has 0 aromatic heterocycles. The molecular formula is C6H3F2LiO. The van der Waals surface area contributed by atoms with Crippen LogP contribution in [0.3, 0.4) is 0 Å². The molecule has 0 saturated heterocycles. The number of hydrogen-bond acceptors (Lipinski definition) is 1. The monoisotopic (exact) mass is 136 g/mol. The Labute approximate surface area is 68.9 Å². The molecule has 0 fully saturated rings. The van der Waals surface area contributed by atoms with Gasteiger partial charge >= 0.3 is 18.9 Å². The second-order valence-corrected chi connectivity index (χ2v) is 1.57. The van der Waals surface area contributed by atoms with Gasteiger partial charge in [-0.2, -0.15) is 0 Å². The van der Waals surface area contributed by atoms with Crippen LogP contribution in [0.5, 0.6) is 5.75 Å². The normalized spacial score (nSPS) is 8.60. The van der Waals surface area contributed by atoms with E-state index < -0.39 is 17.4 Å². The molecule has 0 atom stereocenters. The van der Waals surface area contributed by atoms with Gasteiger partial charge in [-0.3, -0.25) is 0 Å². The Balaban J connectivity index is 0.000000810. The molecule has 0 saturated carbocycles. The molecule has 0 aliphatic carbocycles. The Kier molecular flexibility index (Phi) is 3.41. The maximum absolute atomic E-state index is 12.0. The third-order valence-corrected chi connectivity index (χ3v) is 0.894. The zero-order chi connectivity index (χ0) is 6.85. The van der Waals surface area contributed by atoms with Crippen LogP contribution in [-0.4, -0.2) is 0 Å². The van der Waals surface area contributed by atoms with E-state index in [1.165, 1.54) is 0 Å². The molecule has 0 unspecified atom stereocenters. The molecule has 0 spiro atoms. The van der Waals surface area contributed by atoms with Crippen LogP contribution in [0.25, 0.3) is 0 Å². The maximum atomic E-state index is 12.0. The zero-order valence-corrected chi connectivity index (χ0v) is 5.40. The van der Waals surface area contributed by atoms with Crippen molar-refractivity contribution in [3.63, 3.8) is 0 Å². The molecule has 10 heavy (non-hydrogen) atoms. The van der Waals surface area contributed by atoms with Gasteiger partial charge in [-0.05, 0) is 6.07 Å². The molecule has 1 nitrogen and oxygen atoms in total. The van der Waals surface area contributed by atoms with Gasteiger partial charge in [0.15, 0.2) is 0 Å². The van der Waals surface area contributed by atoms with Crippen LogP contribution in [0.2, 0.25) is 0 Å². The first-order valence-corrected chi connectivity index (χ1v) is 2.32. The Morgan fingerprint density at radius 3 is 2.20 bits per heavy atom. The fraction of sp³-hybridized carbons (Fsp3) is 0. The van der Waals surface area contributed by atoms with Crippen molar-refractivity contribution < 1.29 is 32.7 Å². The molecule has 48 valence electrons. The molecule has 0 heterocycles. The molecule has 1 aromatic rings. The molecule has 4 heteroatoms. The van der Waals surface area contributed by atoms with Gasteiger partial charge in [0.05, 0.1) is 0 Å². The Bertz CT molecular complexity index is 227. The first kappa shape index (κ1) is 9.48. The Hall–Kier alpha value is -0.523. The van der Waals surface area contributed by atoms with E-state index in [-0.39, 0.29) is 18.9 Å². The van der Waals surface area contributed by atoms with Crippen LogP contribution >= 0.6 is 0 Å². The van der Waals surface area contributed by atoms with Gasteiger partial charge in [-0.25, -0.2) is 8.78 Å². The summed E-state index contributed by atoms with van der Waals surface area (Å²) in [5, 5.41) is 10.2. The third-order valence-electron chi connectivity index (χ3n) is 0.894. The quantitative estimate of drug-likeness (QED) is 0.380. The van der Waals surface area contributed by atoms with Gasteiger partial charge in [0.25, 0.3) is 0 Å². The second-order valence-electron chi connectivity index (χ2n) is 1.57. The summed E-state index contributed by atoms with van der Waals surface area (Å²) < 4.78 is 24.0. The minimum Gasteiger partial charge on any atom is -0.870 e. The van der Waals surface area contributed by atoms with Gasteiger partial charge in [0.1, 0.15) is 11.6 Å². The van der Waals surface area contributed by atoms with Gasteiger partial charge in [0, 0.05) is 6.07 Å². The van der Waals surface area contributed by atoms with Crippen LogP contribution in [0.15, 0.2) is 18.2 Å². The van der Waals surface area contributed by atoms with Crippen LogP contribution in [-0.2, 0) is 0 Å². The van der Waals surface area contributed by atoms with Crippen molar-refractivity contribution in [1.29, 1.82) is 0 Å². The largest absolute Gasteiger partial charge is 1.00 e. The van der Waals surface area contributed by atoms with Gasteiger partial charge < -0.3 is 5.11 Å². The first-order valence-electron chi connectivity index (χ1n) is 2.32. The number of benzene rings is 1. The van der Waals surface area contributed by atoms with Gasteiger partial charge in [0.2, 0.25) is 0 Å². The van der Waals surface area contributed by atoms with Gasteiger partial charge in [-0.1, -0.05) is 11.8 Å². The molecule has 0 bridgehead atoms. The van der Waals surface area contributed by atoms with Crippen LogP contribution < -0.4 is 24.0 Å². The van der Waals surface area contributed by atoms with Crippen LogP contribution in [0.1, 0.15) is 0 Å². The van der Waals surface area contributed by atoms with E-state index >= 15 is 0 Å². The van der Waals surface area contributed by atoms with E-state index in [0.717, 1.165) is 12.1 Å². The summed E-state index contributed by atoms with van der Waals surface area (Å²) >= 11 is 0. The fourth-order valence-electron chi connectivity index (χ4n) is 0.475. The number of halogens is 2. The predicted molar refractivity (Wildman–Crippen MR) is 25.8 cm³/mol. The molecule has 1 aromatic carbocycles. The first-order chi connectivity index (χ1) is 4.20. The van der Waals surface area contributed by atoms with E-state index in [1.807, 2.05) is 0 Å². The van der Waals surface area contributed by atoms with Crippen LogP contribution in [0, 0.1) is 11.6 Å². The summed E-state index contributed by atoms with van der Waals surface area (Å²) in [5.41, 5.74) is 0. The van der Waals surface area contributed by atoms with Crippen molar-refractivity contribution in [2.45, 2.75) is 0 Å². The fourth-order valence-corrected chi connectivity index (χ4v) is 0.475. The SMILES string of the molecule is [Li+].[O-]c1ccc(F)cc1F. The Morgan fingerprint density at radius 2 is 1.80 bits per heavy atom. The average Bonchev–Trinajstić information content (AvgIpc) is 1.80. The molecule has 0 aliphatic heterocycles. The van der Waals surface area contributed by atoms with E-state index in [9.17, 15) is 13.9 Å². The second kappa shape index (κ2) is 3.60. The average molecular weight is 136 g/mol. The van der Waals surface area contributed by atoms with Crippen molar-refractivity contribution in [2.24, 2.45) is 0 Å². The van der Waals surface area contributed by atoms with Crippen molar-refractivity contribution in [3.8, 4) is 5.75 Å². The third kappa shape index (κ3) is 2.02. The standard InChI is InChI=1S/C6H4F2O.Li/c7-4-1-2-6(9)5(8)3-4;/h1-3,9H;/q;+1/p-1. The smallest absolute Gasteiger partial charge is 0.870 e. The zero-order valence-electron chi connectivity index (χ0n) is 5.40. The summed E-state index contributed by atoms with van der Waals surface area (Å²) in [6.07, 6.45) is 0. The molecule has 0 amide bonds. The minimum absolute atomic E-state index is 0. The van der Waals surface area contributed by atoms with Crippen LogP contribution in [0.4, 0.5) is 8.78 Å². The summed E-state index contributed by atoms with van der Waals surface area (Å²) in [6.45, 7) is 0. The van der Waals surface area contributed by atoms with Gasteiger partial charge in [-0.15, -0.1) is 0 Å². The van der Waals surface area contributed by atoms with E-state index in [2.05, 4.69) is 0 Å². The van der Waals surface area contributed by atoms with E-state index in [4.69, 9.17) is 0 Å². The maximum Gasteiger partial charge on any atom is 1.00 e. The number of rotatable bonds is 0. The van der Waals surface area contributed by atoms with Crippen molar-refractivity contribution in [1.82, 2.24) is 0 Å². The predicted octanol–water partition coefficient (Wildman–Crippen LogP) is -1.96.